The lowest BCUT2D eigenvalue weighted by molar-refractivity contribution is -0.119. The van der Waals surface area contributed by atoms with Crippen LogP contribution in [0.1, 0.15) is 11.1 Å². The number of ether oxygens (including phenoxy) is 3. The number of nitrogens with zero attached hydrogens (tertiary/aromatic N) is 1. The van der Waals surface area contributed by atoms with Crippen molar-refractivity contribution in [1.29, 1.82) is 0 Å². The van der Waals surface area contributed by atoms with Gasteiger partial charge < -0.3 is 19.5 Å². The standard InChI is InChI=1S/C26H27N3O5S/c1-18-4-7-20(8-5-18)28-25(30)16-34-23-13-6-19(14-24(23)33-3)15-27-29-26(31)17-35-22-11-9-21(32-2)10-12-22/h4-15H,16-17H2,1-3H3,(H,28,30)(H,29,31)/b27-15-. The molecule has 0 fully saturated rings. The highest BCUT2D eigenvalue weighted by molar-refractivity contribution is 8.00. The number of carbonyl (C=O) groups is 2. The number of rotatable bonds is 11. The van der Waals surface area contributed by atoms with E-state index in [0.717, 1.165) is 16.2 Å². The summed E-state index contributed by atoms with van der Waals surface area (Å²) in [6.07, 6.45) is 1.51. The van der Waals surface area contributed by atoms with Crippen LogP contribution in [0.4, 0.5) is 5.69 Å². The molecule has 0 saturated carbocycles. The number of anilines is 1. The summed E-state index contributed by atoms with van der Waals surface area (Å²) in [7, 11) is 3.11. The van der Waals surface area contributed by atoms with Crippen molar-refractivity contribution in [2.75, 3.05) is 31.9 Å². The van der Waals surface area contributed by atoms with Gasteiger partial charge in [0.05, 0.1) is 26.2 Å². The summed E-state index contributed by atoms with van der Waals surface area (Å²) >= 11 is 1.40. The largest absolute Gasteiger partial charge is 0.497 e. The molecular formula is C26H27N3O5S. The molecular weight excluding hydrogens is 466 g/mol. The second kappa shape index (κ2) is 13.0. The molecule has 3 rings (SSSR count). The average molecular weight is 494 g/mol. The molecule has 0 aliphatic heterocycles. The van der Waals surface area contributed by atoms with Crippen LogP contribution in [0.2, 0.25) is 0 Å². The Bertz CT molecular complexity index is 1160. The van der Waals surface area contributed by atoms with Gasteiger partial charge in [-0.3, -0.25) is 9.59 Å². The summed E-state index contributed by atoms with van der Waals surface area (Å²) in [5.74, 6) is 1.35. The van der Waals surface area contributed by atoms with Crippen LogP contribution >= 0.6 is 11.8 Å². The Morgan fingerprint density at radius 2 is 1.66 bits per heavy atom. The summed E-state index contributed by atoms with van der Waals surface area (Å²) in [6, 6.07) is 20.1. The van der Waals surface area contributed by atoms with Crippen molar-refractivity contribution in [2.45, 2.75) is 11.8 Å². The maximum Gasteiger partial charge on any atom is 0.262 e. The molecule has 3 aromatic rings. The molecule has 0 aromatic heterocycles. The molecule has 0 heterocycles. The number of thioether (sulfide) groups is 1. The minimum absolute atomic E-state index is 0.167. The predicted octanol–water partition coefficient (Wildman–Crippen LogP) is 4.27. The van der Waals surface area contributed by atoms with Crippen LogP contribution in [-0.2, 0) is 9.59 Å². The van der Waals surface area contributed by atoms with Gasteiger partial charge in [0.15, 0.2) is 18.1 Å². The zero-order valence-electron chi connectivity index (χ0n) is 19.7. The molecule has 2 amide bonds. The van der Waals surface area contributed by atoms with E-state index in [-0.39, 0.29) is 24.2 Å². The lowest BCUT2D eigenvalue weighted by atomic mass is 10.2. The summed E-state index contributed by atoms with van der Waals surface area (Å²) < 4.78 is 16.1. The lowest BCUT2D eigenvalue weighted by Crippen LogP contribution is -2.20. The number of benzene rings is 3. The SMILES string of the molecule is COc1ccc(SCC(=O)N/N=C\c2ccc(OCC(=O)Nc3ccc(C)cc3)c(OC)c2)cc1. The number of hydrazone groups is 1. The smallest absolute Gasteiger partial charge is 0.262 e. The van der Waals surface area contributed by atoms with E-state index in [0.29, 0.717) is 22.7 Å². The van der Waals surface area contributed by atoms with E-state index in [2.05, 4.69) is 15.8 Å². The molecule has 0 atom stereocenters. The van der Waals surface area contributed by atoms with Crippen molar-refractivity contribution in [3.05, 3.63) is 77.9 Å². The first kappa shape index (κ1) is 25.6. The maximum absolute atomic E-state index is 12.2. The van der Waals surface area contributed by atoms with Gasteiger partial charge in [0, 0.05) is 10.6 Å². The van der Waals surface area contributed by atoms with E-state index in [1.54, 1.807) is 25.3 Å². The maximum atomic E-state index is 12.2. The van der Waals surface area contributed by atoms with Gasteiger partial charge in [-0.2, -0.15) is 5.10 Å². The van der Waals surface area contributed by atoms with Crippen LogP contribution in [0.25, 0.3) is 0 Å². The number of hydrogen-bond acceptors (Lipinski definition) is 7. The second-order valence-corrected chi connectivity index (χ2v) is 8.42. The van der Waals surface area contributed by atoms with Gasteiger partial charge >= 0.3 is 0 Å². The van der Waals surface area contributed by atoms with E-state index >= 15 is 0 Å². The number of nitrogens with one attached hydrogen (secondary N) is 2. The van der Waals surface area contributed by atoms with Crippen LogP contribution in [0.5, 0.6) is 17.2 Å². The Morgan fingerprint density at radius 3 is 2.34 bits per heavy atom. The van der Waals surface area contributed by atoms with Crippen molar-refractivity contribution < 1.29 is 23.8 Å². The van der Waals surface area contributed by atoms with Crippen LogP contribution in [0.15, 0.2) is 76.7 Å². The Labute approximate surface area is 208 Å². The number of aryl methyl sites for hydroxylation is 1. The third kappa shape index (κ3) is 8.38. The van der Waals surface area contributed by atoms with Gasteiger partial charge in [0.2, 0.25) is 5.91 Å². The highest BCUT2D eigenvalue weighted by Crippen LogP contribution is 2.27. The van der Waals surface area contributed by atoms with Crippen LogP contribution < -0.4 is 25.0 Å². The number of methoxy groups -OCH3 is 2. The summed E-state index contributed by atoms with van der Waals surface area (Å²) in [5.41, 5.74) is 5.01. The zero-order chi connectivity index (χ0) is 25.0. The molecule has 0 radical (unpaired) electrons. The fourth-order valence-electron chi connectivity index (χ4n) is 2.89. The molecule has 2 N–H and O–H groups in total. The third-order valence-corrected chi connectivity index (χ3v) is 5.73. The Kier molecular flexibility index (Phi) is 9.56. The van der Waals surface area contributed by atoms with Crippen molar-refractivity contribution in [3.8, 4) is 17.2 Å². The van der Waals surface area contributed by atoms with Gasteiger partial charge in [-0.05, 0) is 67.1 Å². The molecule has 182 valence electrons. The van der Waals surface area contributed by atoms with Crippen LogP contribution in [-0.4, -0.2) is 44.6 Å². The van der Waals surface area contributed by atoms with E-state index in [1.165, 1.54) is 25.1 Å². The van der Waals surface area contributed by atoms with E-state index in [9.17, 15) is 9.59 Å². The molecule has 0 aliphatic rings. The Morgan fingerprint density at radius 1 is 0.914 bits per heavy atom. The third-order valence-electron chi connectivity index (χ3n) is 4.71. The summed E-state index contributed by atoms with van der Waals surface area (Å²) in [6.45, 7) is 1.81. The molecule has 8 nitrogen and oxygen atoms in total. The lowest BCUT2D eigenvalue weighted by Gasteiger charge is -2.11. The van der Waals surface area contributed by atoms with Gasteiger partial charge in [-0.1, -0.05) is 17.7 Å². The average Bonchev–Trinajstić information content (AvgIpc) is 2.88. The molecule has 0 bridgehead atoms. The van der Waals surface area contributed by atoms with E-state index in [4.69, 9.17) is 14.2 Å². The number of amides is 2. The van der Waals surface area contributed by atoms with Crippen LogP contribution in [0, 0.1) is 6.92 Å². The fraction of sp³-hybridized carbons (Fsp3) is 0.192. The normalized spacial score (nSPS) is 10.6. The number of hydrogen-bond donors (Lipinski definition) is 2. The van der Waals surface area contributed by atoms with Crippen molar-refractivity contribution in [2.24, 2.45) is 5.10 Å². The molecule has 3 aromatic carbocycles. The van der Waals surface area contributed by atoms with E-state index in [1.807, 2.05) is 55.5 Å². The molecule has 0 spiro atoms. The van der Waals surface area contributed by atoms with Crippen molar-refractivity contribution in [3.63, 3.8) is 0 Å². The molecule has 0 unspecified atom stereocenters. The van der Waals surface area contributed by atoms with Crippen molar-refractivity contribution >= 4 is 35.5 Å². The van der Waals surface area contributed by atoms with Gasteiger partial charge in [-0.15, -0.1) is 11.8 Å². The monoisotopic (exact) mass is 493 g/mol. The molecule has 0 aliphatic carbocycles. The van der Waals surface area contributed by atoms with Gasteiger partial charge in [0.1, 0.15) is 5.75 Å². The minimum atomic E-state index is -0.281. The first-order chi connectivity index (χ1) is 17.0. The summed E-state index contributed by atoms with van der Waals surface area (Å²) in [4.78, 5) is 25.2. The predicted molar refractivity (Wildman–Crippen MR) is 138 cm³/mol. The number of carbonyl (C=O) groups excluding carboxylic acids is 2. The Balaban J connectivity index is 1.47. The topological polar surface area (TPSA) is 98.3 Å². The second-order valence-electron chi connectivity index (χ2n) is 7.37. The fourth-order valence-corrected chi connectivity index (χ4v) is 3.58. The first-order valence-electron chi connectivity index (χ1n) is 10.7. The van der Waals surface area contributed by atoms with Gasteiger partial charge in [0.25, 0.3) is 5.91 Å². The van der Waals surface area contributed by atoms with E-state index < -0.39 is 0 Å². The quantitative estimate of drug-likeness (QED) is 0.235. The van der Waals surface area contributed by atoms with Gasteiger partial charge in [-0.25, -0.2) is 5.43 Å². The highest BCUT2D eigenvalue weighted by Gasteiger charge is 2.09. The Hall–Kier alpha value is -3.98. The molecule has 9 heteroatoms. The van der Waals surface area contributed by atoms with Crippen LogP contribution in [0.3, 0.4) is 0 Å². The molecule has 0 saturated heterocycles. The zero-order valence-corrected chi connectivity index (χ0v) is 20.6. The summed E-state index contributed by atoms with van der Waals surface area (Å²) in [5, 5.41) is 6.77. The first-order valence-corrected chi connectivity index (χ1v) is 11.7. The highest BCUT2D eigenvalue weighted by atomic mass is 32.2. The minimum Gasteiger partial charge on any atom is -0.497 e. The van der Waals surface area contributed by atoms with Crippen molar-refractivity contribution in [1.82, 2.24) is 5.43 Å². The molecule has 35 heavy (non-hydrogen) atoms.